The van der Waals surface area contributed by atoms with E-state index in [1.165, 1.54) is 4.88 Å². The van der Waals surface area contributed by atoms with E-state index in [2.05, 4.69) is 51.9 Å². The highest BCUT2D eigenvalue weighted by atomic mass is 79.9. The number of benzene rings is 1. The molecule has 2 rings (SSSR count). The molecular formula is C16H19BrN2OS. The van der Waals surface area contributed by atoms with Crippen LogP contribution < -0.4 is 10.6 Å². The third kappa shape index (κ3) is 4.95. The largest absolute Gasteiger partial charge is 0.325 e. The van der Waals surface area contributed by atoms with E-state index >= 15 is 0 Å². The minimum Gasteiger partial charge on any atom is -0.325 e. The molecule has 0 fully saturated rings. The SMILES string of the molecule is CC(C)C(NCC(=O)Nc1cccc(Br)c1)c1cccs1. The normalized spacial score (nSPS) is 12.4. The van der Waals surface area contributed by atoms with Gasteiger partial charge in [-0.15, -0.1) is 11.3 Å². The van der Waals surface area contributed by atoms with Gasteiger partial charge >= 0.3 is 0 Å². The Balaban J connectivity index is 1.90. The topological polar surface area (TPSA) is 41.1 Å². The van der Waals surface area contributed by atoms with Crippen LogP contribution in [-0.2, 0) is 4.79 Å². The molecule has 1 unspecified atom stereocenters. The Hall–Kier alpha value is -1.17. The van der Waals surface area contributed by atoms with Gasteiger partial charge in [0, 0.05) is 21.1 Å². The van der Waals surface area contributed by atoms with Gasteiger partial charge in [-0.25, -0.2) is 0 Å². The summed E-state index contributed by atoms with van der Waals surface area (Å²) in [5, 5.41) is 8.30. The average molecular weight is 367 g/mol. The Morgan fingerprint density at radius 3 is 2.71 bits per heavy atom. The van der Waals surface area contributed by atoms with E-state index in [1.807, 2.05) is 30.3 Å². The van der Waals surface area contributed by atoms with E-state index in [9.17, 15) is 4.79 Å². The van der Waals surface area contributed by atoms with E-state index in [-0.39, 0.29) is 11.9 Å². The fourth-order valence-corrected chi connectivity index (χ4v) is 3.48. The van der Waals surface area contributed by atoms with Crippen LogP contribution in [0.4, 0.5) is 5.69 Å². The molecule has 0 radical (unpaired) electrons. The first-order valence-electron chi connectivity index (χ1n) is 6.88. The van der Waals surface area contributed by atoms with Crippen molar-refractivity contribution in [2.45, 2.75) is 19.9 Å². The van der Waals surface area contributed by atoms with Gasteiger partial charge < -0.3 is 10.6 Å². The molecule has 0 saturated heterocycles. The Kier molecular flexibility index (Phi) is 5.96. The van der Waals surface area contributed by atoms with Crippen molar-refractivity contribution in [3.05, 3.63) is 51.1 Å². The lowest BCUT2D eigenvalue weighted by Crippen LogP contribution is -2.33. The molecule has 3 nitrogen and oxygen atoms in total. The van der Waals surface area contributed by atoms with Crippen LogP contribution in [-0.4, -0.2) is 12.5 Å². The Bertz CT molecular complexity index is 584. The number of nitrogens with one attached hydrogen (secondary N) is 2. The Labute approximate surface area is 137 Å². The van der Waals surface area contributed by atoms with Crippen LogP contribution in [0.3, 0.4) is 0 Å². The van der Waals surface area contributed by atoms with Gasteiger partial charge in [0.05, 0.1) is 6.54 Å². The van der Waals surface area contributed by atoms with Crippen LogP contribution in [0, 0.1) is 5.92 Å². The summed E-state index contributed by atoms with van der Waals surface area (Å²) in [5.74, 6) is 0.401. The standard InChI is InChI=1S/C16H19BrN2OS/c1-11(2)16(14-7-4-8-21-14)18-10-15(20)19-13-6-3-5-12(17)9-13/h3-9,11,16,18H,10H2,1-2H3,(H,19,20). The van der Waals surface area contributed by atoms with E-state index < -0.39 is 0 Å². The maximum absolute atomic E-state index is 12.0. The van der Waals surface area contributed by atoms with Crippen molar-refractivity contribution >= 4 is 38.9 Å². The molecule has 21 heavy (non-hydrogen) atoms. The number of hydrogen-bond acceptors (Lipinski definition) is 3. The maximum Gasteiger partial charge on any atom is 0.238 e. The molecule has 0 bridgehead atoms. The lowest BCUT2D eigenvalue weighted by Gasteiger charge is -2.21. The molecule has 1 amide bonds. The highest BCUT2D eigenvalue weighted by Crippen LogP contribution is 2.25. The van der Waals surface area contributed by atoms with Crippen molar-refractivity contribution in [3.63, 3.8) is 0 Å². The highest BCUT2D eigenvalue weighted by Gasteiger charge is 2.17. The molecule has 2 aromatic rings. The van der Waals surface area contributed by atoms with Crippen LogP contribution in [0.25, 0.3) is 0 Å². The minimum absolute atomic E-state index is 0.0321. The van der Waals surface area contributed by atoms with Crippen molar-refractivity contribution < 1.29 is 4.79 Å². The number of carbonyl (C=O) groups is 1. The number of amides is 1. The molecule has 0 aliphatic rings. The zero-order valence-electron chi connectivity index (χ0n) is 12.1. The lowest BCUT2D eigenvalue weighted by molar-refractivity contribution is -0.115. The van der Waals surface area contributed by atoms with Gasteiger partial charge in [-0.1, -0.05) is 41.9 Å². The van der Waals surface area contributed by atoms with Gasteiger partial charge in [-0.3, -0.25) is 4.79 Å². The summed E-state index contributed by atoms with van der Waals surface area (Å²) in [4.78, 5) is 13.3. The van der Waals surface area contributed by atoms with Gasteiger partial charge in [0.1, 0.15) is 0 Å². The van der Waals surface area contributed by atoms with Crippen molar-refractivity contribution in [3.8, 4) is 0 Å². The van der Waals surface area contributed by atoms with Gasteiger partial charge in [0.2, 0.25) is 5.91 Å². The Morgan fingerprint density at radius 1 is 1.29 bits per heavy atom. The van der Waals surface area contributed by atoms with Crippen LogP contribution in [0.1, 0.15) is 24.8 Å². The van der Waals surface area contributed by atoms with Gasteiger partial charge in [0.15, 0.2) is 0 Å². The second kappa shape index (κ2) is 7.73. The molecular weight excluding hydrogens is 348 g/mol. The second-order valence-electron chi connectivity index (χ2n) is 5.18. The van der Waals surface area contributed by atoms with Crippen molar-refractivity contribution in [1.82, 2.24) is 5.32 Å². The highest BCUT2D eigenvalue weighted by molar-refractivity contribution is 9.10. The first kappa shape index (κ1) is 16.2. The van der Waals surface area contributed by atoms with Gasteiger partial charge in [-0.05, 0) is 35.6 Å². The maximum atomic E-state index is 12.0. The summed E-state index contributed by atoms with van der Waals surface area (Å²) >= 11 is 5.11. The molecule has 1 aromatic heterocycles. The third-order valence-corrected chi connectivity index (χ3v) is 4.56. The smallest absolute Gasteiger partial charge is 0.238 e. The number of carbonyl (C=O) groups excluding carboxylic acids is 1. The summed E-state index contributed by atoms with van der Waals surface area (Å²) in [6.07, 6.45) is 0. The second-order valence-corrected chi connectivity index (χ2v) is 7.07. The zero-order chi connectivity index (χ0) is 15.2. The molecule has 0 saturated carbocycles. The van der Waals surface area contributed by atoms with E-state index in [4.69, 9.17) is 0 Å². The molecule has 112 valence electrons. The summed E-state index contributed by atoms with van der Waals surface area (Å²) in [6, 6.07) is 11.9. The monoisotopic (exact) mass is 366 g/mol. The van der Waals surface area contributed by atoms with Crippen LogP contribution in [0.5, 0.6) is 0 Å². The zero-order valence-corrected chi connectivity index (χ0v) is 14.5. The molecule has 5 heteroatoms. The van der Waals surface area contributed by atoms with E-state index in [1.54, 1.807) is 11.3 Å². The predicted molar refractivity (Wildman–Crippen MR) is 92.7 cm³/mol. The number of hydrogen-bond donors (Lipinski definition) is 2. The summed E-state index contributed by atoms with van der Waals surface area (Å²) in [6.45, 7) is 4.61. The number of thiophene rings is 1. The van der Waals surface area contributed by atoms with Crippen molar-refractivity contribution in [2.24, 2.45) is 5.92 Å². The van der Waals surface area contributed by atoms with Crippen LogP contribution in [0.2, 0.25) is 0 Å². The minimum atomic E-state index is -0.0321. The number of halogens is 1. The quantitative estimate of drug-likeness (QED) is 0.793. The summed E-state index contributed by atoms with van der Waals surface area (Å²) < 4.78 is 0.951. The van der Waals surface area contributed by atoms with E-state index in [0.717, 1.165) is 10.2 Å². The molecule has 0 aliphatic heterocycles. The Morgan fingerprint density at radius 2 is 2.10 bits per heavy atom. The molecule has 0 spiro atoms. The summed E-state index contributed by atoms with van der Waals surface area (Å²) in [7, 11) is 0. The molecule has 1 aromatic carbocycles. The fraction of sp³-hybridized carbons (Fsp3) is 0.312. The molecule has 2 N–H and O–H groups in total. The first-order chi connectivity index (χ1) is 10.1. The third-order valence-electron chi connectivity index (χ3n) is 3.11. The van der Waals surface area contributed by atoms with Crippen molar-refractivity contribution in [2.75, 3.05) is 11.9 Å². The van der Waals surface area contributed by atoms with Gasteiger partial charge in [0.25, 0.3) is 0 Å². The lowest BCUT2D eigenvalue weighted by atomic mass is 10.0. The van der Waals surface area contributed by atoms with Gasteiger partial charge in [-0.2, -0.15) is 0 Å². The molecule has 1 heterocycles. The average Bonchev–Trinajstić information content (AvgIpc) is 2.92. The van der Waals surface area contributed by atoms with Crippen LogP contribution in [0.15, 0.2) is 46.3 Å². The number of anilines is 1. The first-order valence-corrected chi connectivity index (χ1v) is 8.55. The fourth-order valence-electron chi connectivity index (χ4n) is 2.11. The number of rotatable bonds is 6. The van der Waals surface area contributed by atoms with Crippen LogP contribution >= 0.6 is 27.3 Å². The van der Waals surface area contributed by atoms with E-state index in [0.29, 0.717) is 12.5 Å². The molecule has 1 atom stereocenters. The predicted octanol–water partition coefficient (Wildman–Crippen LogP) is 4.44. The van der Waals surface area contributed by atoms with Crippen molar-refractivity contribution in [1.29, 1.82) is 0 Å². The summed E-state index contributed by atoms with van der Waals surface area (Å²) in [5.41, 5.74) is 0.799. The molecule has 0 aliphatic carbocycles.